The Hall–Kier alpha value is -3.48. The number of aromatic nitrogens is 2. The summed E-state index contributed by atoms with van der Waals surface area (Å²) in [5.41, 5.74) is 3.92. The molecule has 0 saturated heterocycles. The molecule has 0 atom stereocenters. The Morgan fingerprint density at radius 1 is 0.941 bits per heavy atom. The van der Waals surface area contributed by atoms with E-state index in [1.54, 1.807) is 36.7 Å². The van der Waals surface area contributed by atoms with Gasteiger partial charge in [0.1, 0.15) is 0 Å². The number of pyridine rings is 2. The summed E-state index contributed by atoms with van der Waals surface area (Å²) in [6.45, 7) is 2.37. The van der Waals surface area contributed by atoms with Crippen LogP contribution in [0.1, 0.15) is 34.1 Å². The van der Waals surface area contributed by atoms with E-state index in [-0.39, 0.29) is 27.9 Å². The van der Waals surface area contributed by atoms with Gasteiger partial charge in [-0.25, -0.2) is 0 Å². The van der Waals surface area contributed by atoms with Gasteiger partial charge in [-0.1, -0.05) is 54.4 Å². The lowest BCUT2D eigenvalue weighted by Gasteiger charge is -2.15. The molecule has 0 bridgehead atoms. The van der Waals surface area contributed by atoms with E-state index in [0.717, 1.165) is 28.6 Å². The van der Waals surface area contributed by atoms with Crippen molar-refractivity contribution in [1.29, 1.82) is 0 Å². The van der Waals surface area contributed by atoms with Crippen molar-refractivity contribution < 1.29 is 9.59 Å². The fraction of sp³-hybridized carbons (Fsp3) is 0.154. The summed E-state index contributed by atoms with van der Waals surface area (Å²) in [5, 5.41) is 7.11. The number of benzene rings is 2. The fourth-order valence-electron chi connectivity index (χ4n) is 3.75. The van der Waals surface area contributed by atoms with Crippen molar-refractivity contribution in [3.05, 3.63) is 99.4 Å². The smallest absolute Gasteiger partial charge is 0.258 e. The topological polar surface area (TPSA) is 84.0 Å². The summed E-state index contributed by atoms with van der Waals surface area (Å²) in [6.07, 6.45) is 4.35. The Bertz CT molecular complexity index is 1340. The quantitative estimate of drug-likeness (QED) is 0.351. The second-order valence-electron chi connectivity index (χ2n) is 7.64. The number of nitrogens with zero attached hydrogens (tertiary/aromatic N) is 2. The van der Waals surface area contributed by atoms with Gasteiger partial charge in [0.2, 0.25) is 5.91 Å². The molecule has 0 unspecified atom stereocenters. The second kappa shape index (κ2) is 10.6. The number of para-hydroxylation sites is 1. The monoisotopic (exact) mass is 492 g/mol. The third kappa shape index (κ3) is 5.19. The van der Waals surface area contributed by atoms with Gasteiger partial charge in [0.25, 0.3) is 5.91 Å². The number of hydrogen-bond acceptors (Lipinski definition) is 4. The molecule has 4 rings (SSSR count). The van der Waals surface area contributed by atoms with E-state index in [1.165, 1.54) is 0 Å². The van der Waals surface area contributed by atoms with Crippen LogP contribution in [0.4, 0.5) is 5.69 Å². The van der Waals surface area contributed by atoms with Crippen LogP contribution in [0.5, 0.6) is 0 Å². The normalized spacial score (nSPS) is 10.8. The average molecular weight is 493 g/mol. The first-order valence-corrected chi connectivity index (χ1v) is 11.5. The minimum atomic E-state index is -0.431. The summed E-state index contributed by atoms with van der Waals surface area (Å²) in [5.74, 6) is -0.552. The SMILES string of the molecule is CCc1cnc2c(NC(=O)c3c(Cl)cccc3Cl)cccc2c1CC(=O)NCc1ccccn1. The number of amides is 2. The van der Waals surface area contributed by atoms with Gasteiger partial charge in [-0.2, -0.15) is 0 Å². The van der Waals surface area contributed by atoms with Gasteiger partial charge in [-0.05, 0) is 47.9 Å². The zero-order valence-electron chi connectivity index (χ0n) is 18.4. The Labute approximate surface area is 207 Å². The minimum Gasteiger partial charge on any atom is -0.350 e. The molecule has 34 heavy (non-hydrogen) atoms. The van der Waals surface area contributed by atoms with Gasteiger partial charge in [-0.15, -0.1) is 0 Å². The number of hydrogen-bond donors (Lipinski definition) is 2. The molecule has 8 heteroatoms. The summed E-state index contributed by atoms with van der Waals surface area (Å²) in [4.78, 5) is 34.5. The van der Waals surface area contributed by atoms with Crippen LogP contribution < -0.4 is 10.6 Å². The van der Waals surface area contributed by atoms with Crippen LogP contribution in [0.3, 0.4) is 0 Å². The van der Waals surface area contributed by atoms with Crippen molar-refractivity contribution in [3.8, 4) is 0 Å². The van der Waals surface area contributed by atoms with E-state index in [9.17, 15) is 9.59 Å². The van der Waals surface area contributed by atoms with Crippen LogP contribution in [0.25, 0.3) is 10.9 Å². The Morgan fingerprint density at radius 3 is 2.41 bits per heavy atom. The van der Waals surface area contributed by atoms with Crippen molar-refractivity contribution in [2.45, 2.75) is 26.3 Å². The number of nitrogens with one attached hydrogen (secondary N) is 2. The molecule has 2 aromatic carbocycles. The zero-order valence-corrected chi connectivity index (χ0v) is 20.0. The molecule has 2 aromatic heterocycles. The lowest BCUT2D eigenvalue weighted by molar-refractivity contribution is -0.120. The number of carbonyl (C=O) groups is 2. The maximum absolute atomic E-state index is 12.9. The molecule has 2 N–H and O–H groups in total. The standard InChI is InChI=1S/C26H22Cl2N4O2/c1-2-16-14-31-25-18(19(16)13-23(33)30-15-17-7-3-4-12-29-17)8-5-11-22(25)32-26(34)24-20(27)9-6-10-21(24)28/h3-12,14H,2,13,15H2,1H3,(H,30,33)(H,32,34). The van der Waals surface area contributed by atoms with Crippen molar-refractivity contribution in [1.82, 2.24) is 15.3 Å². The largest absolute Gasteiger partial charge is 0.350 e. The highest BCUT2D eigenvalue weighted by Gasteiger charge is 2.18. The molecule has 2 amide bonds. The van der Waals surface area contributed by atoms with Crippen molar-refractivity contribution in [2.75, 3.05) is 5.32 Å². The highest BCUT2D eigenvalue weighted by atomic mass is 35.5. The zero-order chi connectivity index (χ0) is 24.1. The average Bonchev–Trinajstić information content (AvgIpc) is 2.84. The van der Waals surface area contributed by atoms with E-state index >= 15 is 0 Å². The summed E-state index contributed by atoms with van der Waals surface area (Å²) >= 11 is 12.4. The lowest BCUT2D eigenvalue weighted by atomic mass is 9.98. The Morgan fingerprint density at radius 2 is 1.71 bits per heavy atom. The van der Waals surface area contributed by atoms with E-state index in [0.29, 0.717) is 17.7 Å². The Kier molecular flexibility index (Phi) is 7.40. The van der Waals surface area contributed by atoms with Crippen LogP contribution in [-0.4, -0.2) is 21.8 Å². The fourth-order valence-corrected chi connectivity index (χ4v) is 4.32. The maximum Gasteiger partial charge on any atom is 0.258 e. The number of carbonyl (C=O) groups excluding carboxylic acids is 2. The third-order valence-electron chi connectivity index (χ3n) is 5.45. The van der Waals surface area contributed by atoms with Crippen molar-refractivity contribution in [2.24, 2.45) is 0 Å². The molecule has 4 aromatic rings. The van der Waals surface area contributed by atoms with Crippen LogP contribution in [-0.2, 0) is 24.2 Å². The van der Waals surface area contributed by atoms with Gasteiger partial charge >= 0.3 is 0 Å². The number of anilines is 1. The van der Waals surface area contributed by atoms with Gasteiger partial charge in [0.15, 0.2) is 0 Å². The van der Waals surface area contributed by atoms with Gasteiger partial charge in [0.05, 0.1) is 45.5 Å². The third-order valence-corrected chi connectivity index (χ3v) is 6.08. The molecule has 0 aliphatic carbocycles. The van der Waals surface area contributed by atoms with Crippen molar-refractivity contribution >= 4 is 51.6 Å². The molecular weight excluding hydrogens is 471 g/mol. The molecule has 0 radical (unpaired) electrons. The van der Waals surface area contributed by atoms with E-state index in [2.05, 4.69) is 20.6 Å². The molecule has 172 valence electrons. The minimum absolute atomic E-state index is 0.120. The number of fused-ring (bicyclic) bond motifs is 1. The summed E-state index contributed by atoms with van der Waals surface area (Å²) in [6, 6.07) is 16.0. The van der Waals surface area contributed by atoms with Gasteiger partial charge < -0.3 is 10.6 Å². The molecule has 6 nitrogen and oxygen atoms in total. The van der Waals surface area contributed by atoms with Gasteiger partial charge in [-0.3, -0.25) is 19.6 Å². The Balaban J connectivity index is 1.62. The highest BCUT2D eigenvalue weighted by molar-refractivity contribution is 6.40. The van der Waals surface area contributed by atoms with Crippen LogP contribution in [0.2, 0.25) is 10.0 Å². The van der Waals surface area contributed by atoms with Crippen LogP contribution in [0, 0.1) is 0 Å². The predicted molar refractivity (Wildman–Crippen MR) is 135 cm³/mol. The summed E-state index contributed by atoms with van der Waals surface area (Å²) in [7, 11) is 0. The molecule has 0 aliphatic rings. The first-order valence-electron chi connectivity index (χ1n) is 10.8. The molecular formula is C26H22Cl2N4O2. The van der Waals surface area contributed by atoms with E-state index < -0.39 is 5.91 Å². The molecule has 0 spiro atoms. The van der Waals surface area contributed by atoms with Crippen LogP contribution in [0.15, 0.2) is 67.0 Å². The second-order valence-corrected chi connectivity index (χ2v) is 8.46. The molecule has 0 aliphatic heterocycles. The summed E-state index contributed by atoms with van der Waals surface area (Å²) < 4.78 is 0. The van der Waals surface area contributed by atoms with E-state index in [1.807, 2.05) is 37.3 Å². The number of rotatable bonds is 7. The molecule has 2 heterocycles. The molecule has 0 saturated carbocycles. The number of halogens is 2. The first kappa shape index (κ1) is 23.7. The predicted octanol–water partition coefficient (Wildman–Crippen LogP) is 5.61. The van der Waals surface area contributed by atoms with Crippen LogP contribution >= 0.6 is 23.2 Å². The van der Waals surface area contributed by atoms with Crippen molar-refractivity contribution in [3.63, 3.8) is 0 Å². The van der Waals surface area contributed by atoms with Gasteiger partial charge in [0, 0.05) is 17.8 Å². The number of aryl methyl sites for hydroxylation is 1. The first-order chi connectivity index (χ1) is 16.5. The maximum atomic E-state index is 12.9. The van der Waals surface area contributed by atoms with E-state index in [4.69, 9.17) is 23.2 Å². The molecule has 0 fully saturated rings. The lowest BCUT2D eigenvalue weighted by Crippen LogP contribution is -2.25. The highest BCUT2D eigenvalue weighted by Crippen LogP contribution is 2.30.